The standard InChI is InChI=1S/C11H10ClN5O2S.C3H4N4OS/c12-7-2-1-3-8(4-7)15-9(18)6-20-11-16-14-5-10(19)17(11)13;4-7-2(8)1-5-6-3(7)9/h1-5H,6,13H2,(H,15,18);1H,4H2,(H,6,9). The van der Waals surface area contributed by atoms with Gasteiger partial charge >= 0.3 is 0 Å². The number of aromatic amines is 1. The first-order valence-electron chi connectivity index (χ1n) is 7.57. The molecule has 0 spiro atoms. The van der Waals surface area contributed by atoms with Crippen LogP contribution in [0.4, 0.5) is 5.69 Å². The van der Waals surface area contributed by atoms with Crippen LogP contribution in [-0.4, -0.2) is 41.4 Å². The molecule has 2 aromatic heterocycles. The fourth-order valence-electron chi connectivity index (χ4n) is 1.68. The lowest BCUT2D eigenvalue weighted by atomic mass is 10.3. The summed E-state index contributed by atoms with van der Waals surface area (Å²) < 4.78 is 1.76. The summed E-state index contributed by atoms with van der Waals surface area (Å²) >= 11 is 11.4. The van der Waals surface area contributed by atoms with Crippen LogP contribution < -0.4 is 28.1 Å². The van der Waals surface area contributed by atoms with Crippen molar-refractivity contribution in [3.8, 4) is 0 Å². The zero-order valence-corrected chi connectivity index (χ0v) is 16.9. The highest BCUT2D eigenvalue weighted by atomic mass is 35.5. The number of carbonyl (C=O) groups is 1. The number of benzene rings is 1. The second kappa shape index (κ2) is 10.4. The Balaban J connectivity index is 0.000000278. The molecule has 152 valence electrons. The fourth-order valence-corrected chi connectivity index (χ4v) is 2.68. The van der Waals surface area contributed by atoms with E-state index in [-0.39, 0.29) is 21.6 Å². The Labute approximate surface area is 176 Å². The fraction of sp³-hybridized carbons (Fsp3) is 0.0714. The Morgan fingerprint density at radius 1 is 1.24 bits per heavy atom. The van der Waals surface area contributed by atoms with Gasteiger partial charge in [0.25, 0.3) is 11.1 Å². The summed E-state index contributed by atoms with van der Waals surface area (Å²) in [5, 5.41) is 16.3. The highest BCUT2D eigenvalue weighted by molar-refractivity contribution is 7.99. The maximum atomic E-state index is 11.7. The lowest BCUT2D eigenvalue weighted by Gasteiger charge is -2.06. The average Bonchev–Trinajstić information content (AvgIpc) is 2.68. The maximum absolute atomic E-state index is 11.7. The van der Waals surface area contributed by atoms with E-state index >= 15 is 0 Å². The first-order valence-corrected chi connectivity index (χ1v) is 9.35. The minimum Gasteiger partial charge on any atom is -0.334 e. The number of nitrogens with two attached hydrogens (primary N) is 2. The van der Waals surface area contributed by atoms with Gasteiger partial charge in [-0.05, 0) is 30.4 Å². The number of rotatable bonds is 4. The topological polar surface area (TPSA) is 180 Å². The van der Waals surface area contributed by atoms with E-state index < -0.39 is 11.1 Å². The summed E-state index contributed by atoms with van der Waals surface area (Å²) in [7, 11) is 0. The molecule has 0 unspecified atom stereocenters. The van der Waals surface area contributed by atoms with Gasteiger partial charge in [0, 0.05) is 10.7 Å². The molecule has 2 heterocycles. The van der Waals surface area contributed by atoms with Crippen molar-refractivity contribution in [2.75, 3.05) is 22.8 Å². The van der Waals surface area contributed by atoms with Gasteiger partial charge in [-0.3, -0.25) is 19.5 Å². The zero-order valence-electron chi connectivity index (χ0n) is 14.5. The highest BCUT2D eigenvalue weighted by Gasteiger charge is 2.08. The van der Waals surface area contributed by atoms with Crippen LogP contribution in [0, 0.1) is 4.77 Å². The smallest absolute Gasteiger partial charge is 0.291 e. The number of amides is 1. The maximum Gasteiger partial charge on any atom is 0.291 e. The quantitative estimate of drug-likeness (QED) is 0.232. The normalized spacial score (nSPS) is 9.97. The summed E-state index contributed by atoms with van der Waals surface area (Å²) in [4.78, 5) is 33.5. The average molecular weight is 456 g/mol. The van der Waals surface area contributed by atoms with Gasteiger partial charge in [-0.25, -0.2) is 0 Å². The van der Waals surface area contributed by atoms with Crippen LogP contribution in [0.3, 0.4) is 0 Å². The number of thioether (sulfide) groups is 1. The van der Waals surface area contributed by atoms with Crippen molar-refractivity contribution in [3.05, 3.63) is 67.2 Å². The molecular formula is C14H14ClN9O3S2. The van der Waals surface area contributed by atoms with E-state index in [0.29, 0.717) is 10.7 Å². The molecule has 3 rings (SSSR count). The van der Waals surface area contributed by atoms with Gasteiger partial charge in [0.05, 0.1) is 5.75 Å². The third-order valence-corrected chi connectivity index (χ3v) is 4.45. The Morgan fingerprint density at radius 2 is 1.97 bits per heavy atom. The number of carbonyl (C=O) groups excluding carboxylic acids is 1. The molecule has 0 aliphatic carbocycles. The van der Waals surface area contributed by atoms with Crippen LogP contribution in [0.15, 0.2) is 51.4 Å². The minimum absolute atomic E-state index is 0.0435. The van der Waals surface area contributed by atoms with Gasteiger partial charge in [-0.15, -0.1) is 5.10 Å². The van der Waals surface area contributed by atoms with E-state index in [1.165, 1.54) is 0 Å². The molecule has 15 heteroatoms. The largest absolute Gasteiger partial charge is 0.334 e. The third-order valence-electron chi connectivity index (χ3n) is 2.99. The van der Waals surface area contributed by atoms with Crippen molar-refractivity contribution < 1.29 is 4.79 Å². The number of nitrogen functional groups attached to an aromatic ring is 2. The lowest BCUT2D eigenvalue weighted by molar-refractivity contribution is -0.113. The van der Waals surface area contributed by atoms with Gasteiger partial charge in [0.15, 0.2) is 0 Å². The Hall–Kier alpha value is -3.23. The molecule has 1 amide bonds. The number of halogens is 1. The van der Waals surface area contributed by atoms with Crippen molar-refractivity contribution in [2.45, 2.75) is 5.16 Å². The predicted octanol–water partition coefficient (Wildman–Crippen LogP) is -0.249. The second-order valence-electron chi connectivity index (χ2n) is 5.07. The molecule has 0 saturated carbocycles. The molecule has 12 nitrogen and oxygen atoms in total. The number of hydrogen-bond donors (Lipinski definition) is 4. The van der Waals surface area contributed by atoms with Crippen LogP contribution in [0.5, 0.6) is 0 Å². The van der Waals surface area contributed by atoms with Crippen molar-refractivity contribution in [3.63, 3.8) is 0 Å². The zero-order chi connectivity index (χ0) is 21.4. The number of aromatic nitrogens is 6. The molecule has 1 aromatic carbocycles. The summed E-state index contributed by atoms with van der Waals surface area (Å²) in [6, 6.07) is 6.78. The summed E-state index contributed by atoms with van der Waals surface area (Å²) in [5.74, 6) is 10.4. The van der Waals surface area contributed by atoms with E-state index in [0.717, 1.165) is 33.5 Å². The van der Waals surface area contributed by atoms with Gasteiger partial charge in [0.2, 0.25) is 15.8 Å². The van der Waals surface area contributed by atoms with Gasteiger partial charge in [-0.1, -0.05) is 29.4 Å². The summed E-state index contributed by atoms with van der Waals surface area (Å²) in [5.41, 5.74) is -0.316. The monoisotopic (exact) mass is 455 g/mol. The minimum atomic E-state index is -0.488. The van der Waals surface area contributed by atoms with Crippen LogP contribution in [-0.2, 0) is 4.79 Å². The molecular weight excluding hydrogens is 442 g/mol. The molecule has 6 N–H and O–H groups in total. The summed E-state index contributed by atoms with van der Waals surface area (Å²) in [6.45, 7) is 0. The Bertz CT molecular complexity index is 1150. The molecule has 0 aliphatic heterocycles. The first-order chi connectivity index (χ1) is 13.8. The van der Waals surface area contributed by atoms with E-state index in [1.807, 2.05) is 0 Å². The second-order valence-corrected chi connectivity index (χ2v) is 6.83. The van der Waals surface area contributed by atoms with Gasteiger partial charge in [-0.2, -0.15) is 19.5 Å². The molecule has 3 aromatic rings. The van der Waals surface area contributed by atoms with Crippen molar-refractivity contribution in [1.29, 1.82) is 0 Å². The molecule has 0 radical (unpaired) electrons. The predicted molar refractivity (Wildman–Crippen MR) is 111 cm³/mol. The van der Waals surface area contributed by atoms with Crippen molar-refractivity contribution in [2.24, 2.45) is 0 Å². The van der Waals surface area contributed by atoms with Gasteiger partial charge < -0.3 is 17.0 Å². The summed E-state index contributed by atoms with van der Waals surface area (Å²) in [6.07, 6.45) is 2.05. The number of anilines is 1. The van der Waals surface area contributed by atoms with E-state index in [2.05, 4.69) is 37.9 Å². The van der Waals surface area contributed by atoms with Crippen LogP contribution in [0.1, 0.15) is 0 Å². The van der Waals surface area contributed by atoms with E-state index in [9.17, 15) is 14.4 Å². The van der Waals surface area contributed by atoms with E-state index in [4.69, 9.17) is 23.3 Å². The number of H-pyrrole nitrogens is 1. The van der Waals surface area contributed by atoms with E-state index in [1.54, 1.807) is 24.3 Å². The molecule has 0 saturated heterocycles. The number of hydrogen-bond acceptors (Lipinski definition) is 10. The highest BCUT2D eigenvalue weighted by Crippen LogP contribution is 2.16. The molecule has 0 fully saturated rings. The van der Waals surface area contributed by atoms with Gasteiger partial charge in [0.1, 0.15) is 12.4 Å². The number of nitrogens with one attached hydrogen (secondary N) is 2. The third kappa shape index (κ3) is 6.70. The first kappa shape index (κ1) is 22.1. The lowest BCUT2D eigenvalue weighted by Crippen LogP contribution is -2.30. The van der Waals surface area contributed by atoms with Crippen LogP contribution in [0.25, 0.3) is 0 Å². The van der Waals surface area contributed by atoms with Crippen LogP contribution in [0.2, 0.25) is 5.02 Å². The van der Waals surface area contributed by atoms with Crippen molar-refractivity contribution in [1.82, 2.24) is 29.7 Å². The Morgan fingerprint density at radius 3 is 2.62 bits per heavy atom. The molecule has 0 aliphatic rings. The number of nitrogens with zero attached hydrogens (tertiary/aromatic N) is 5. The SMILES string of the molecule is Nn1c(=O)cn[nH]c1=S.Nn1c(SCC(=O)Nc2cccc(Cl)c2)nncc1=O. The van der Waals surface area contributed by atoms with Crippen molar-refractivity contribution >= 4 is 47.2 Å². The van der Waals surface area contributed by atoms with Crippen LogP contribution >= 0.6 is 35.6 Å². The molecule has 0 atom stereocenters. The Kier molecular flexibility index (Phi) is 7.88. The molecule has 29 heavy (non-hydrogen) atoms. The molecule has 0 bridgehead atoms.